The fraction of sp³-hybridized carbons (Fsp3) is 0. The zero-order chi connectivity index (χ0) is 18.0. The van der Waals surface area contributed by atoms with E-state index in [-0.39, 0.29) is 5.56 Å². The lowest BCUT2D eigenvalue weighted by Gasteiger charge is -2.13. The number of carboxylic acid groups (broad SMARTS) is 2. The van der Waals surface area contributed by atoms with Crippen molar-refractivity contribution in [2.24, 2.45) is 0 Å². The molecule has 124 valence electrons. The Morgan fingerprint density at radius 1 is 0.917 bits per heavy atom. The third-order valence-corrected chi connectivity index (χ3v) is 3.32. The van der Waals surface area contributed by atoms with Gasteiger partial charge in [-0.1, -0.05) is 11.6 Å². The van der Waals surface area contributed by atoms with Crippen LogP contribution in [0.1, 0.15) is 31.1 Å². The summed E-state index contributed by atoms with van der Waals surface area (Å²) in [6.07, 6.45) is 0. The third kappa shape index (κ3) is 3.23. The molecule has 0 spiro atoms. The summed E-state index contributed by atoms with van der Waals surface area (Å²) in [5.74, 6) is -6.20. The number of hydrogen-bond acceptors (Lipinski definition) is 5. The quantitative estimate of drug-likeness (QED) is 0.420. The number of benzene rings is 2. The van der Waals surface area contributed by atoms with Crippen molar-refractivity contribution in [3.8, 4) is 11.5 Å². The van der Waals surface area contributed by atoms with E-state index in [0.29, 0.717) is 5.02 Å². The normalized spacial score (nSPS) is 10.2. The number of aromatic hydroxyl groups is 2. The number of carbonyl (C=O) groups excluding carboxylic acids is 1. The van der Waals surface area contributed by atoms with Crippen LogP contribution < -0.4 is 5.32 Å². The zero-order valence-electron chi connectivity index (χ0n) is 11.8. The lowest BCUT2D eigenvalue weighted by Crippen LogP contribution is -2.14. The van der Waals surface area contributed by atoms with Gasteiger partial charge in [0.25, 0.3) is 5.91 Å². The second-order valence-corrected chi connectivity index (χ2v) is 5.05. The molecule has 0 atom stereocenters. The van der Waals surface area contributed by atoms with Gasteiger partial charge in [0.2, 0.25) is 0 Å². The van der Waals surface area contributed by atoms with Crippen LogP contribution >= 0.6 is 11.6 Å². The molecular formula is C15H10ClNO7. The van der Waals surface area contributed by atoms with Crippen LogP contribution in [-0.2, 0) is 0 Å². The van der Waals surface area contributed by atoms with Crippen molar-refractivity contribution in [3.63, 3.8) is 0 Å². The third-order valence-electron chi connectivity index (χ3n) is 3.07. The van der Waals surface area contributed by atoms with Gasteiger partial charge in [-0.25, -0.2) is 9.59 Å². The molecule has 0 aliphatic rings. The van der Waals surface area contributed by atoms with Gasteiger partial charge in [0.1, 0.15) is 16.9 Å². The Morgan fingerprint density at radius 2 is 1.50 bits per heavy atom. The highest BCUT2D eigenvalue weighted by molar-refractivity contribution is 6.30. The van der Waals surface area contributed by atoms with Crippen LogP contribution in [0.15, 0.2) is 30.3 Å². The molecule has 0 saturated heterocycles. The number of halogens is 1. The second kappa shape index (κ2) is 6.47. The number of carboxylic acids is 2. The van der Waals surface area contributed by atoms with Gasteiger partial charge in [-0.05, 0) is 30.3 Å². The fourth-order valence-electron chi connectivity index (χ4n) is 1.92. The van der Waals surface area contributed by atoms with Crippen LogP contribution in [0.5, 0.6) is 11.5 Å². The van der Waals surface area contributed by atoms with E-state index in [0.717, 1.165) is 6.07 Å². The molecule has 2 aromatic rings. The molecule has 1 amide bonds. The summed E-state index contributed by atoms with van der Waals surface area (Å²) in [6.45, 7) is 0. The smallest absolute Gasteiger partial charge is 0.343 e. The molecule has 0 fully saturated rings. The summed E-state index contributed by atoms with van der Waals surface area (Å²) in [4.78, 5) is 34.3. The van der Waals surface area contributed by atoms with E-state index >= 15 is 0 Å². The van der Waals surface area contributed by atoms with Gasteiger partial charge < -0.3 is 25.7 Å². The number of phenols is 2. The highest BCUT2D eigenvalue weighted by atomic mass is 35.5. The van der Waals surface area contributed by atoms with Crippen LogP contribution in [0.2, 0.25) is 5.02 Å². The topological polar surface area (TPSA) is 144 Å². The molecule has 9 heteroatoms. The summed E-state index contributed by atoms with van der Waals surface area (Å²) in [5, 5.41) is 40.2. The van der Waals surface area contributed by atoms with Crippen molar-refractivity contribution in [2.45, 2.75) is 0 Å². The molecule has 24 heavy (non-hydrogen) atoms. The summed E-state index contributed by atoms with van der Waals surface area (Å²) in [7, 11) is 0. The summed E-state index contributed by atoms with van der Waals surface area (Å²) in [6, 6.07) is 6.40. The molecule has 0 heterocycles. The van der Waals surface area contributed by atoms with E-state index in [2.05, 4.69) is 5.32 Å². The van der Waals surface area contributed by atoms with Crippen molar-refractivity contribution >= 4 is 35.1 Å². The van der Waals surface area contributed by atoms with Crippen LogP contribution in [0.25, 0.3) is 0 Å². The molecule has 0 aliphatic carbocycles. The average molecular weight is 352 g/mol. The molecule has 0 aromatic heterocycles. The van der Waals surface area contributed by atoms with Crippen LogP contribution in [0, 0.1) is 0 Å². The lowest BCUT2D eigenvalue weighted by atomic mass is 10.0. The SMILES string of the molecule is O=C(Nc1cc(C(=O)O)c(O)c(C(=O)O)c1O)c1ccc(Cl)cc1. The van der Waals surface area contributed by atoms with E-state index in [1.807, 2.05) is 0 Å². The van der Waals surface area contributed by atoms with Gasteiger partial charge in [-0.15, -0.1) is 0 Å². The summed E-state index contributed by atoms with van der Waals surface area (Å²) >= 11 is 5.70. The minimum absolute atomic E-state index is 0.139. The van der Waals surface area contributed by atoms with Gasteiger partial charge in [0, 0.05) is 10.6 Å². The van der Waals surface area contributed by atoms with E-state index in [9.17, 15) is 24.6 Å². The van der Waals surface area contributed by atoms with E-state index < -0.39 is 46.2 Å². The molecular weight excluding hydrogens is 342 g/mol. The molecule has 0 unspecified atom stereocenters. The monoisotopic (exact) mass is 351 g/mol. The second-order valence-electron chi connectivity index (χ2n) is 4.62. The number of amides is 1. The lowest BCUT2D eigenvalue weighted by molar-refractivity contribution is 0.0688. The minimum atomic E-state index is -1.75. The standard InChI is InChI=1S/C15H10ClNO7/c16-7-3-1-6(2-4-7)13(20)17-9-5-8(14(21)22)11(18)10(12(9)19)15(23)24/h1-5,18-19H,(H,17,20)(H,21,22)(H,23,24). The Hall–Kier alpha value is -3.26. The maximum Gasteiger partial charge on any atom is 0.343 e. The predicted octanol–water partition coefficient (Wildman–Crippen LogP) is 2.40. The summed E-state index contributed by atoms with van der Waals surface area (Å²) in [5.41, 5.74) is -2.14. The Balaban J connectivity index is 2.50. The van der Waals surface area contributed by atoms with Crippen molar-refractivity contribution in [3.05, 3.63) is 52.0 Å². The first-order valence-corrected chi connectivity index (χ1v) is 6.72. The largest absolute Gasteiger partial charge is 0.506 e. The van der Waals surface area contributed by atoms with E-state index in [1.165, 1.54) is 24.3 Å². The predicted molar refractivity (Wildman–Crippen MR) is 83.1 cm³/mol. The first-order chi connectivity index (χ1) is 11.2. The Kier molecular flexibility index (Phi) is 4.61. The molecule has 0 aliphatic heterocycles. The average Bonchev–Trinajstić information content (AvgIpc) is 2.50. The highest BCUT2D eigenvalue weighted by Gasteiger charge is 2.26. The number of carbonyl (C=O) groups is 3. The minimum Gasteiger partial charge on any atom is -0.506 e. The van der Waals surface area contributed by atoms with Gasteiger partial charge >= 0.3 is 11.9 Å². The van der Waals surface area contributed by atoms with Crippen molar-refractivity contribution in [2.75, 3.05) is 5.32 Å². The number of rotatable bonds is 4. The Bertz CT molecular complexity index is 846. The van der Waals surface area contributed by atoms with Crippen LogP contribution in [0.3, 0.4) is 0 Å². The van der Waals surface area contributed by atoms with Crippen LogP contribution in [-0.4, -0.2) is 38.3 Å². The molecule has 0 bridgehead atoms. The maximum atomic E-state index is 12.1. The van der Waals surface area contributed by atoms with Crippen LogP contribution in [0.4, 0.5) is 5.69 Å². The first-order valence-electron chi connectivity index (χ1n) is 6.34. The fourth-order valence-corrected chi connectivity index (χ4v) is 2.05. The number of nitrogens with one attached hydrogen (secondary N) is 1. The van der Waals surface area contributed by atoms with Gasteiger partial charge in [-0.3, -0.25) is 4.79 Å². The molecule has 0 radical (unpaired) electrons. The van der Waals surface area contributed by atoms with Gasteiger partial charge in [-0.2, -0.15) is 0 Å². The number of hydrogen-bond donors (Lipinski definition) is 5. The number of aromatic carboxylic acids is 2. The highest BCUT2D eigenvalue weighted by Crippen LogP contribution is 2.37. The van der Waals surface area contributed by atoms with E-state index in [1.54, 1.807) is 0 Å². The molecule has 2 rings (SSSR count). The Morgan fingerprint density at radius 3 is 2.00 bits per heavy atom. The molecule has 5 N–H and O–H groups in total. The maximum absolute atomic E-state index is 12.1. The number of anilines is 1. The molecule has 8 nitrogen and oxygen atoms in total. The van der Waals surface area contributed by atoms with E-state index in [4.69, 9.17) is 21.8 Å². The van der Waals surface area contributed by atoms with Crippen molar-refractivity contribution in [1.29, 1.82) is 0 Å². The first kappa shape index (κ1) is 17.1. The zero-order valence-corrected chi connectivity index (χ0v) is 12.5. The summed E-state index contributed by atoms with van der Waals surface area (Å²) < 4.78 is 0. The Labute approximate surface area is 139 Å². The van der Waals surface area contributed by atoms with Crippen molar-refractivity contribution in [1.82, 2.24) is 0 Å². The van der Waals surface area contributed by atoms with Gasteiger partial charge in [0.15, 0.2) is 5.75 Å². The van der Waals surface area contributed by atoms with Gasteiger partial charge in [0.05, 0.1) is 5.69 Å². The molecule has 2 aromatic carbocycles. The molecule has 0 saturated carbocycles. The van der Waals surface area contributed by atoms with Crippen molar-refractivity contribution < 1.29 is 34.8 Å².